The zero-order chi connectivity index (χ0) is 15.0. The maximum atomic E-state index is 14.3. The van der Waals surface area contributed by atoms with Gasteiger partial charge in [0.05, 0.1) is 22.1 Å². The number of benzene rings is 1. The van der Waals surface area contributed by atoms with Crippen molar-refractivity contribution in [2.45, 2.75) is 18.9 Å². The fourth-order valence-electron chi connectivity index (χ4n) is 2.54. The standard InChI is InChI=1S/C14H15FN4O2/c15-10-6-12(19(20)21)9-2-1-5-17-13(9)14(10)18-11(7-16)8-3-4-8/h1-2,5-6,8,11,18H,3-4,7,16H2. The Kier molecular flexibility index (Phi) is 3.42. The molecule has 1 unspecified atom stereocenters. The van der Waals surface area contributed by atoms with Crippen molar-refractivity contribution in [1.29, 1.82) is 0 Å². The van der Waals surface area contributed by atoms with Crippen molar-refractivity contribution in [2.75, 3.05) is 11.9 Å². The van der Waals surface area contributed by atoms with E-state index < -0.39 is 10.7 Å². The number of aromatic nitrogens is 1. The third-order valence-electron chi connectivity index (χ3n) is 3.79. The number of nitro benzene ring substituents is 1. The summed E-state index contributed by atoms with van der Waals surface area (Å²) in [5.41, 5.74) is 5.90. The minimum absolute atomic E-state index is 0.0360. The molecular weight excluding hydrogens is 275 g/mol. The van der Waals surface area contributed by atoms with Gasteiger partial charge in [-0.05, 0) is 30.9 Å². The second-order valence-electron chi connectivity index (χ2n) is 5.23. The SMILES string of the molecule is NCC(Nc1c(F)cc([N+](=O)[O-])c2cccnc12)C1CC1. The van der Waals surface area contributed by atoms with E-state index in [1.165, 1.54) is 6.20 Å². The van der Waals surface area contributed by atoms with Crippen molar-refractivity contribution in [1.82, 2.24) is 4.98 Å². The fraction of sp³-hybridized carbons (Fsp3) is 0.357. The number of fused-ring (bicyclic) bond motifs is 1. The molecule has 2 aromatic rings. The molecule has 110 valence electrons. The van der Waals surface area contributed by atoms with Crippen LogP contribution in [-0.2, 0) is 0 Å². The number of nitrogens with one attached hydrogen (secondary N) is 1. The largest absolute Gasteiger partial charge is 0.377 e. The highest BCUT2D eigenvalue weighted by Crippen LogP contribution is 2.37. The number of nitro groups is 1. The van der Waals surface area contributed by atoms with Crippen molar-refractivity contribution in [3.8, 4) is 0 Å². The van der Waals surface area contributed by atoms with Gasteiger partial charge in [0, 0.05) is 18.8 Å². The van der Waals surface area contributed by atoms with Crippen LogP contribution in [0.15, 0.2) is 24.4 Å². The Balaban J connectivity index is 2.11. The Morgan fingerprint density at radius 1 is 1.57 bits per heavy atom. The molecule has 0 amide bonds. The minimum Gasteiger partial charge on any atom is -0.377 e. The quantitative estimate of drug-likeness (QED) is 0.651. The summed E-state index contributed by atoms with van der Waals surface area (Å²) in [6, 6.07) is 4.07. The van der Waals surface area contributed by atoms with Crippen LogP contribution in [0.2, 0.25) is 0 Å². The number of pyridine rings is 1. The maximum absolute atomic E-state index is 14.3. The van der Waals surface area contributed by atoms with E-state index in [0.29, 0.717) is 17.8 Å². The summed E-state index contributed by atoms with van der Waals surface area (Å²) in [6.07, 6.45) is 3.62. The van der Waals surface area contributed by atoms with E-state index in [4.69, 9.17) is 5.73 Å². The highest BCUT2D eigenvalue weighted by Gasteiger charge is 2.31. The molecule has 1 aliphatic rings. The second-order valence-corrected chi connectivity index (χ2v) is 5.23. The van der Waals surface area contributed by atoms with Crippen LogP contribution in [0.1, 0.15) is 12.8 Å². The van der Waals surface area contributed by atoms with Crippen LogP contribution in [0.5, 0.6) is 0 Å². The van der Waals surface area contributed by atoms with Gasteiger partial charge in [0.1, 0.15) is 5.52 Å². The lowest BCUT2D eigenvalue weighted by molar-refractivity contribution is -0.383. The van der Waals surface area contributed by atoms with E-state index >= 15 is 0 Å². The molecule has 1 heterocycles. The highest BCUT2D eigenvalue weighted by molar-refractivity contribution is 5.97. The lowest BCUT2D eigenvalue weighted by atomic mass is 10.1. The average molecular weight is 290 g/mol. The van der Waals surface area contributed by atoms with Crippen molar-refractivity contribution < 1.29 is 9.31 Å². The summed E-state index contributed by atoms with van der Waals surface area (Å²) in [5.74, 6) is -0.240. The van der Waals surface area contributed by atoms with Gasteiger partial charge in [0.2, 0.25) is 0 Å². The predicted octanol–water partition coefficient (Wildman–Crippen LogP) is 2.43. The molecule has 3 rings (SSSR count). The topological polar surface area (TPSA) is 94.1 Å². The second kappa shape index (κ2) is 5.25. The zero-order valence-corrected chi connectivity index (χ0v) is 11.3. The highest BCUT2D eigenvalue weighted by atomic mass is 19.1. The van der Waals surface area contributed by atoms with Crippen LogP contribution < -0.4 is 11.1 Å². The van der Waals surface area contributed by atoms with Gasteiger partial charge in [-0.3, -0.25) is 15.1 Å². The van der Waals surface area contributed by atoms with E-state index in [-0.39, 0.29) is 22.9 Å². The van der Waals surface area contributed by atoms with E-state index in [9.17, 15) is 14.5 Å². The molecule has 6 nitrogen and oxygen atoms in total. The van der Waals surface area contributed by atoms with E-state index in [0.717, 1.165) is 18.9 Å². The molecule has 0 bridgehead atoms. The first-order chi connectivity index (χ1) is 10.1. The molecule has 1 atom stereocenters. The molecule has 0 saturated heterocycles. The van der Waals surface area contributed by atoms with Crippen molar-refractivity contribution in [3.63, 3.8) is 0 Å². The number of halogens is 1. The third-order valence-corrected chi connectivity index (χ3v) is 3.79. The Bertz CT molecular complexity index is 703. The molecule has 7 heteroatoms. The first-order valence-corrected chi connectivity index (χ1v) is 6.80. The number of hydrogen-bond donors (Lipinski definition) is 2. The van der Waals surface area contributed by atoms with E-state index in [2.05, 4.69) is 10.3 Å². The molecule has 1 aliphatic carbocycles. The van der Waals surface area contributed by atoms with Gasteiger partial charge in [0.15, 0.2) is 5.82 Å². The first-order valence-electron chi connectivity index (χ1n) is 6.80. The Morgan fingerprint density at radius 3 is 2.95 bits per heavy atom. The molecule has 21 heavy (non-hydrogen) atoms. The molecule has 0 spiro atoms. The Labute approximate surface area is 120 Å². The number of non-ortho nitro benzene ring substituents is 1. The van der Waals surface area contributed by atoms with Gasteiger partial charge in [-0.25, -0.2) is 4.39 Å². The van der Waals surface area contributed by atoms with Crippen LogP contribution in [0.4, 0.5) is 15.8 Å². The van der Waals surface area contributed by atoms with Crippen molar-refractivity contribution >= 4 is 22.3 Å². The Hall–Kier alpha value is -2.28. The number of nitrogens with two attached hydrogens (primary N) is 1. The van der Waals surface area contributed by atoms with Crippen LogP contribution in [0.25, 0.3) is 10.9 Å². The zero-order valence-electron chi connectivity index (χ0n) is 11.3. The van der Waals surface area contributed by atoms with Gasteiger partial charge in [0.25, 0.3) is 5.69 Å². The smallest absolute Gasteiger partial charge is 0.281 e. The lowest BCUT2D eigenvalue weighted by Gasteiger charge is -2.19. The first kappa shape index (κ1) is 13.7. The van der Waals surface area contributed by atoms with Crippen LogP contribution >= 0.6 is 0 Å². The molecule has 1 saturated carbocycles. The number of anilines is 1. The lowest BCUT2D eigenvalue weighted by Crippen LogP contribution is -2.31. The summed E-state index contributed by atoms with van der Waals surface area (Å²) in [7, 11) is 0. The van der Waals surface area contributed by atoms with Crippen LogP contribution in [0, 0.1) is 21.8 Å². The monoisotopic (exact) mass is 290 g/mol. The van der Waals surface area contributed by atoms with E-state index in [1.807, 2.05) is 0 Å². The van der Waals surface area contributed by atoms with Gasteiger partial charge in [-0.15, -0.1) is 0 Å². The molecular formula is C14H15FN4O2. The summed E-state index contributed by atoms with van der Waals surface area (Å²) < 4.78 is 14.3. The minimum atomic E-state index is -0.674. The molecule has 3 N–H and O–H groups in total. The summed E-state index contributed by atoms with van der Waals surface area (Å²) in [5, 5.41) is 14.4. The Morgan fingerprint density at radius 2 is 2.33 bits per heavy atom. The molecule has 0 aliphatic heterocycles. The molecule has 1 aromatic heterocycles. The maximum Gasteiger partial charge on any atom is 0.281 e. The van der Waals surface area contributed by atoms with Crippen LogP contribution in [0.3, 0.4) is 0 Å². The predicted molar refractivity (Wildman–Crippen MR) is 77.5 cm³/mol. The molecule has 0 radical (unpaired) electrons. The molecule has 1 fully saturated rings. The summed E-state index contributed by atoms with van der Waals surface area (Å²) in [6.45, 7) is 0.384. The van der Waals surface area contributed by atoms with Crippen molar-refractivity contribution in [3.05, 3.63) is 40.3 Å². The number of hydrogen-bond acceptors (Lipinski definition) is 5. The van der Waals surface area contributed by atoms with Crippen LogP contribution in [-0.4, -0.2) is 22.5 Å². The van der Waals surface area contributed by atoms with Gasteiger partial charge < -0.3 is 11.1 Å². The van der Waals surface area contributed by atoms with Crippen molar-refractivity contribution in [2.24, 2.45) is 11.7 Å². The normalized spacial score (nSPS) is 15.9. The van der Waals surface area contributed by atoms with Gasteiger partial charge in [-0.1, -0.05) is 0 Å². The molecule has 1 aromatic carbocycles. The summed E-state index contributed by atoms with van der Waals surface area (Å²) >= 11 is 0. The summed E-state index contributed by atoms with van der Waals surface area (Å²) in [4.78, 5) is 14.6. The number of nitrogens with zero attached hydrogens (tertiary/aromatic N) is 2. The fourth-order valence-corrected chi connectivity index (χ4v) is 2.54. The van der Waals surface area contributed by atoms with E-state index in [1.54, 1.807) is 12.1 Å². The van der Waals surface area contributed by atoms with Gasteiger partial charge in [-0.2, -0.15) is 0 Å². The third kappa shape index (κ3) is 2.52. The number of rotatable bonds is 5. The average Bonchev–Trinajstić information content (AvgIpc) is 3.30. The van der Waals surface area contributed by atoms with Gasteiger partial charge >= 0.3 is 0 Å².